The molecule has 86 valence electrons. The van der Waals surface area contributed by atoms with Crippen molar-refractivity contribution >= 4 is 17.5 Å². The van der Waals surface area contributed by atoms with Crippen LogP contribution < -0.4 is 0 Å². The first kappa shape index (κ1) is 11.0. The molecule has 5 heteroatoms. The van der Waals surface area contributed by atoms with Crippen LogP contribution in [0.5, 0.6) is 0 Å². The van der Waals surface area contributed by atoms with Crippen LogP contribution in [-0.2, 0) is 9.59 Å². The number of carboxylic acid groups (broad SMARTS) is 1. The lowest BCUT2D eigenvalue weighted by molar-refractivity contribution is -0.141. The number of dihydropyridines is 1. The molecule has 2 heterocycles. The molecule has 0 amide bonds. The van der Waals surface area contributed by atoms with Crippen LogP contribution in [0.3, 0.4) is 0 Å². The fraction of sp³-hybridized carbons (Fsp3) is 0.545. The van der Waals surface area contributed by atoms with Crippen LogP contribution >= 0.6 is 0 Å². The van der Waals surface area contributed by atoms with Crippen molar-refractivity contribution in [1.82, 2.24) is 4.90 Å². The SMILES string of the molecule is O=C1C=CC(CN2CCC(C(=O)O)C2)=NC1. The van der Waals surface area contributed by atoms with Crippen LogP contribution in [-0.4, -0.2) is 53.6 Å². The number of hydrogen-bond acceptors (Lipinski definition) is 4. The lowest BCUT2D eigenvalue weighted by atomic mass is 10.1. The maximum absolute atomic E-state index is 10.9. The summed E-state index contributed by atoms with van der Waals surface area (Å²) in [6.07, 6.45) is 3.96. The van der Waals surface area contributed by atoms with Crippen molar-refractivity contribution in [3.63, 3.8) is 0 Å². The minimum Gasteiger partial charge on any atom is -0.481 e. The molecule has 0 saturated carbocycles. The Balaban J connectivity index is 1.86. The molecule has 0 aromatic rings. The number of aliphatic carboxylic acids is 1. The van der Waals surface area contributed by atoms with Crippen molar-refractivity contribution in [1.29, 1.82) is 0 Å². The van der Waals surface area contributed by atoms with E-state index in [2.05, 4.69) is 9.89 Å². The third kappa shape index (κ3) is 2.55. The third-order valence-electron chi connectivity index (χ3n) is 2.91. The highest BCUT2D eigenvalue weighted by Crippen LogP contribution is 2.16. The first-order valence-electron chi connectivity index (χ1n) is 5.34. The van der Waals surface area contributed by atoms with Gasteiger partial charge < -0.3 is 5.11 Å². The van der Waals surface area contributed by atoms with Crippen molar-refractivity contribution in [2.45, 2.75) is 6.42 Å². The van der Waals surface area contributed by atoms with Crippen LogP contribution in [0, 0.1) is 5.92 Å². The van der Waals surface area contributed by atoms with Gasteiger partial charge in [0.2, 0.25) is 0 Å². The van der Waals surface area contributed by atoms with Gasteiger partial charge in [0.1, 0.15) is 6.54 Å². The molecule has 16 heavy (non-hydrogen) atoms. The largest absolute Gasteiger partial charge is 0.481 e. The van der Waals surface area contributed by atoms with E-state index in [-0.39, 0.29) is 18.2 Å². The quantitative estimate of drug-likeness (QED) is 0.728. The van der Waals surface area contributed by atoms with Crippen LogP contribution in [0.15, 0.2) is 17.1 Å². The normalized spacial score (nSPS) is 25.9. The molecule has 0 radical (unpaired) electrons. The number of aliphatic imine (C=N–C) groups is 1. The highest BCUT2D eigenvalue weighted by molar-refractivity contribution is 6.07. The molecule has 0 spiro atoms. The second-order valence-corrected chi connectivity index (χ2v) is 4.17. The number of carbonyl (C=O) groups is 2. The molecule has 2 rings (SSSR count). The van der Waals surface area contributed by atoms with Gasteiger partial charge in [0.25, 0.3) is 0 Å². The average molecular weight is 222 g/mol. The number of hydrogen-bond donors (Lipinski definition) is 1. The summed E-state index contributed by atoms with van der Waals surface area (Å²) in [4.78, 5) is 27.9. The molecule has 1 atom stereocenters. The van der Waals surface area contributed by atoms with Crippen LogP contribution in [0.25, 0.3) is 0 Å². The summed E-state index contributed by atoms with van der Waals surface area (Å²) < 4.78 is 0. The van der Waals surface area contributed by atoms with E-state index < -0.39 is 5.97 Å². The molecule has 1 N–H and O–H groups in total. The zero-order valence-electron chi connectivity index (χ0n) is 8.93. The summed E-state index contributed by atoms with van der Waals surface area (Å²) in [5.74, 6) is -0.956. The number of carbonyl (C=O) groups excluding carboxylic acids is 1. The molecule has 2 aliphatic heterocycles. The molecule has 5 nitrogen and oxygen atoms in total. The molecule has 0 aliphatic carbocycles. The van der Waals surface area contributed by atoms with E-state index in [0.29, 0.717) is 19.5 Å². The smallest absolute Gasteiger partial charge is 0.307 e. The monoisotopic (exact) mass is 222 g/mol. The Kier molecular flexibility index (Phi) is 3.14. The summed E-state index contributed by atoms with van der Waals surface area (Å²) in [6, 6.07) is 0. The highest BCUT2D eigenvalue weighted by atomic mass is 16.4. The van der Waals surface area contributed by atoms with E-state index >= 15 is 0 Å². The summed E-state index contributed by atoms with van der Waals surface area (Å²) in [5.41, 5.74) is 0.866. The van der Waals surface area contributed by atoms with Crippen LogP contribution in [0.1, 0.15) is 6.42 Å². The number of carboxylic acids is 1. The molecular formula is C11H14N2O3. The van der Waals surface area contributed by atoms with Gasteiger partial charge in [-0.15, -0.1) is 0 Å². The maximum atomic E-state index is 10.9. The van der Waals surface area contributed by atoms with Gasteiger partial charge in [0.15, 0.2) is 5.78 Å². The van der Waals surface area contributed by atoms with E-state index in [1.807, 2.05) is 0 Å². The van der Waals surface area contributed by atoms with Crippen molar-refractivity contribution in [3.8, 4) is 0 Å². The number of ketones is 1. The van der Waals surface area contributed by atoms with Crippen molar-refractivity contribution < 1.29 is 14.7 Å². The number of rotatable bonds is 3. The Morgan fingerprint density at radius 2 is 2.38 bits per heavy atom. The second-order valence-electron chi connectivity index (χ2n) is 4.17. The molecule has 0 aromatic carbocycles. The van der Waals surface area contributed by atoms with E-state index in [1.54, 1.807) is 6.08 Å². The lowest BCUT2D eigenvalue weighted by Crippen LogP contribution is -2.29. The number of nitrogens with zero attached hydrogens (tertiary/aromatic N) is 2. The predicted octanol–water partition coefficient (Wildman–Crippen LogP) is -0.0272. The van der Waals surface area contributed by atoms with Gasteiger partial charge in [-0.1, -0.05) is 0 Å². The van der Waals surface area contributed by atoms with Crippen molar-refractivity contribution in [3.05, 3.63) is 12.2 Å². The molecule has 1 fully saturated rings. The van der Waals surface area contributed by atoms with Crippen LogP contribution in [0.4, 0.5) is 0 Å². The van der Waals surface area contributed by atoms with Gasteiger partial charge in [0.05, 0.1) is 5.92 Å². The zero-order chi connectivity index (χ0) is 11.5. The van der Waals surface area contributed by atoms with Gasteiger partial charge >= 0.3 is 5.97 Å². The predicted molar refractivity (Wildman–Crippen MR) is 58.6 cm³/mol. The Morgan fingerprint density at radius 1 is 1.56 bits per heavy atom. The molecular weight excluding hydrogens is 208 g/mol. The molecule has 0 bridgehead atoms. The fourth-order valence-corrected chi connectivity index (χ4v) is 1.98. The Labute approximate surface area is 93.5 Å². The summed E-state index contributed by atoms with van der Waals surface area (Å²) >= 11 is 0. The molecule has 1 saturated heterocycles. The van der Waals surface area contributed by atoms with Gasteiger partial charge in [-0.2, -0.15) is 0 Å². The van der Waals surface area contributed by atoms with Gasteiger partial charge in [0, 0.05) is 18.8 Å². The molecule has 0 aromatic heterocycles. The summed E-state index contributed by atoms with van der Waals surface area (Å²) in [6.45, 7) is 2.24. The minimum atomic E-state index is -0.723. The van der Waals surface area contributed by atoms with E-state index in [9.17, 15) is 9.59 Å². The minimum absolute atomic E-state index is 0.0218. The molecule has 2 aliphatic rings. The number of likely N-dealkylation sites (tertiary alicyclic amines) is 1. The van der Waals surface area contributed by atoms with Crippen molar-refractivity contribution in [2.24, 2.45) is 10.9 Å². The molecule has 1 unspecified atom stereocenters. The highest BCUT2D eigenvalue weighted by Gasteiger charge is 2.28. The summed E-state index contributed by atoms with van der Waals surface area (Å²) in [7, 11) is 0. The summed E-state index contributed by atoms with van der Waals surface area (Å²) in [5, 5.41) is 8.86. The van der Waals surface area contributed by atoms with E-state index in [4.69, 9.17) is 5.11 Å². The fourth-order valence-electron chi connectivity index (χ4n) is 1.98. The standard InChI is InChI=1S/C11H14N2O3/c14-10-2-1-9(12-5-10)7-13-4-3-8(6-13)11(15)16/h1-2,8H,3-7H2,(H,15,16). The lowest BCUT2D eigenvalue weighted by Gasteiger charge is -2.16. The van der Waals surface area contributed by atoms with Crippen LogP contribution in [0.2, 0.25) is 0 Å². The van der Waals surface area contributed by atoms with Gasteiger partial charge in [-0.3, -0.25) is 19.5 Å². The first-order chi connectivity index (χ1) is 7.65. The maximum Gasteiger partial charge on any atom is 0.307 e. The second kappa shape index (κ2) is 4.57. The Hall–Kier alpha value is -1.49. The van der Waals surface area contributed by atoms with Gasteiger partial charge in [-0.25, -0.2) is 0 Å². The Morgan fingerprint density at radius 3 is 2.94 bits per heavy atom. The van der Waals surface area contributed by atoms with Gasteiger partial charge in [-0.05, 0) is 25.1 Å². The Bertz CT molecular complexity index is 373. The van der Waals surface area contributed by atoms with E-state index in [1.165, 1.54) is 6.08 Å². The third-order valence-corrected chi connectivity index (χ3v) is 2.91. The zero-order valence-corrected chi connectivity index (χ0v) is 8.93. The van der Waals surface area contributed by atoms with E-state index in [0.717, 1.165) is 12.3 Å². The topological polar surface area (TPSA) is 70.0 Å². The average Bonchev–Trinajstić information content (AvgIpc) is 2.70. The van der Waals surface area contributed by atoms with Crippen molar-refractivity contribution in [2.75, 3.05) is 26.2 Å². The first-order valence-corrected chi connectivity index (χ1v) is 5.34.